The number of hydrogen-bond donors (Lipinski definition) is 2. The second-order valence-corrected chi connectivity index (χ2v) is 10.2. The van der Waals surface area contributed by atoms with Crippen LogP contribution in [0.5, 0.6) is 0 Å². The molecule has 0 radical (unpaired) electrons. The van der Waals surface area contributed by atoms with E-state index in [1.54, 1.807) is 0 Å². The fourth-order valence-corrected chi connectivity index (χ4v) is 5.97. The molecule has 0 amide bonds. The zero-order chi connectivity index (χ0) is 26.6. The van der Waals surface area contributed by atoms with Gasteiger partial charge in [-0.15, -0.1) is 10.2 Å². The van der Waals surface area contributed by atoms with Crippen molar-refractivity contribution in [2.45, 2.75) is 5.92 Å². The van der Waals surface area contributed by atoms with E-state index >= 15 is 0 Å². The van der Waals surface area contributed by atoms with Crippen LogP contribution >= 0.6 is 0 Å². The number of rotatable bonds is 5. The van der Waals surface area contributed by atoms with Gasteiger partial charge in [0.2, 0.25) is 11.8 Å². The Morgan fingerprint density at radius 3 is 1.90 bits per heavy atom. The summed E-state index contributed by atoms with van der Waals surface area (Å²) in [6, 6.07) is 33.7. The molecule has 8 aromatic rings. The van der Waals surface area contributed by atoms with Gasteiger partial charge in [-0.25, -0.2) is 0 Å². The molecule has 0 spiro atoms. The molecule has 0 aliphatic carbocycles. The maximum absolute atomic E-state index is 6.19. The molecule has 0 saturated carbocycles. The molecular weight excluding hydrogens is 494 g/mol. The standard InChI is InChI=1S/C34H25N5O/c1-39-20-28(25-10-4-7-13-31(25)39)34-38-37-33(40-34)22-16-14-21(15-17-22)32(26-18-35-29-11-5-2-8-23(26)29)27-19-36-30-12-6-3-9-24(27)30/h2-20,32,35-36H,1H3. The number of benzene rings is 4. The summed E-state index contributed by atoms with van der Waals surface area (Å²) in [6.45, 7) is 0. The molecule has 0 bridgehead atoms. The Bertz CT molecular complexity index is 2070. The molecule has 0 saturated heterocycles. The Hall–Kier alpha value is -5.36. The van der Waals surface area contributed by atoms with Gasteiger partial charge in [0.05, 0.1) is 5.56 Å². The fraction of sp³-hybridized carbons (Fsp3) is 0.0588. The number of aromatic nitrogens is 5. The molecule has 6 heteroatoms. The topological polar surface area (TPSA) is 75.4 Å². The first-order valence-electron chi connectivity index (χ1n) is 13.3. The van der Waals surface area contributed by atoms with Crippen LogP contribution in [0.15, 0.2) is 120 Å². The largest absolute Gasteiger partial charge is 0.416 e. The number of para-hydroxylation sites is 3. The minimum absolute atomic E-state index is 0.0373. The van der Waals surface area contributed by atoms with Crippen molar-refractivity contribution in [2.75, 3.05) is 0 Å². The molecule has 4 heterocycles. The van der Waals surface area contributed by atoms with Crippen LogP contribution in [0.4, 0.5) is 0 Å². The van der Waals surface area contributed by atoms with E-state index in [-0.39, 0.29) is 5.92 Å². The average molecular weight is 520 g/mol. The van der Waals surface area contributed by atoms with Gasteiger partial charge in [0.15, 0.2) is 0 Å². The average Bonchev–Trinajstić information content (AvgIpc) is 3.80. The molecular formula is C34H25N5O. The molecule has 192 valence electrons. The van der Waals surface area contributed by atoms with E-state index in [0.717, 1.165) is 33.1 Å². The van der Waals surface area contributed by atoms with Crippen LogP contribution in [-0.4, -0.2) is 24.7 Å². The Morgan fingerprint density at radius 1 is 0.650 bits per heavy atom. The van der Waals surface area contributed by atoms with Crippen molar-refractivity contribution in [1.29, 1.82) is 0 Å². The molecule has 2 N–H and O–H groups in total. The van der Waals surface area contributed by atoms with Crippen molar-refractivity contribution in [2.24, 2.45) is 7.05 Å². The Morgan fingerprint density at radius 2 is 1.23 bits per heavy atom. The van der Waals surface area contributed by atoms with E-state index in [2.05, 4.69) is 122 Å². The van der Waals surface area contributed by atoms with E-state index in [0.29, 0.717) is 11.8 Å². The number of aryl methyl sites for hydroxylation is 1. The number of H-pyrrole nitrogens is 2. The molecule has 8 rings (SSSR count). The third-order valence-electron chi connectivity index (χ3n) is 7.91. The van der Waals surface area contributed by atoms with Gasteiger partial charge in [0.1, 0.15) is 0 Å². The molecule has 0 aliphatic heterocycles. The molecule has 0 unspecified atom stereocenters. The minimum atomic E-state index is 0.0373. The van der Waals surface area contributed by atoms with Gasteiger partial charge in [0.25, 0.3) is 0 Å². The quantitative estimate of drug-likeness (QED) is 0.242. The van der Waals surface area contributed by atoms with Gasteiger partial charge in [-0.3, -0.25) is 0 Å². The smallest absolute Gasteiger partial charge is 0.250 e. The normalized spacial score (nSPS) is 11.8. The predicted molar refractivity (Wildman–Crippen MR) is 159 cm³/mol. The number of nitrogens with zero attached hydrogens (tertiary/aromatic N) is 3. The van der Waals surface area contributed by atoms with Crippen molar-refractivity contribution in [3.63, 3.8) is 0 Å². The Labute approximate surface area is 229 Å². The van der Waals surface area contributed by atoms with Gasteiger partial charge < -0.3 is 19.0 Å². The van der Waals surface area contributed by atoms with Crippen LogP contribution in [0.25, 0.3) is 55.6 Å². The van der Waals surface area contributed by atoms with E-state index in [4.69, 9.17) is 4.42 Å². The van der Waals surface area contributed by atoms with Gasteiger partial charge in [0, 0.05) is 69.8 Å². The van der Waals surface area contributed by atoms with E-state index in [1.807, 2.05) is 25.4 Å². The van der Waals surface area contributed by atoms with Crippen molar-refractivity contribution >= 4 is 32.7 Å². The molecule has 4 aromatic carbocycles. The SMILES string of the molecule is Cn1cc(-c2nnc(-c3ccc(C(c4c[nH]c5ccccc45)c4c[nH]c5ccccc45)cc3)o2)c2ccccc21. The highest BCUT2D eigenvalue weighted by Gasteiger charge is 2.24. The second-order valence-electron chi connectivity index (χ2n) is 10.2. The number of aromatic amines is 2. The van der Waals surface area contributed by atoms with E-state index < -0.39 is 0 Å². The van der Waals surface area contributed by atoms with Crippen LogP contribution in [0.1, 0.15) is 22.6 Å². The lowest BCUT2D eigenvalue weighted by Gasteiger charge is -2.17. The summed E-state index contributed by atoms with van der Waals surface area (Å²) in [5.74, 6) is 1.06. The monoisotopic (exact) mass is 519 g/mol. The highest BCUT2D eigenvalue weighted by atomic mass is 16.4. The molecule has 0 aliphatic rings. The summed E-state index contributed by atoms with van der Waals surface area (Å²) in [6.07, 6.45) is 6.32. The van der Waals surface area contributed by atoms with Gasteiger partial charge in [-0.2, -0.15) is 0 Å². The van der Waals surface area contributed by atoms with Crippen LogP contribution in [-0.2, 0) is 7.05 Å². The molecule has 6 nitrogen and oxygen atoms in total. The maximum atomic E-state index is 6.19. The lowest BCUT2D eigenvalue weighted by Crippen LogP contribution is -2.02. The summed E-state index contributed by atoms with van der Waals surface area (Å²) in [5.41, 5.74) is 8.88. The predicted octanol–water partition coefficient (Wildman–Crippen LogP) is 8.04. The summed E-state index contributed by atoms with van der Waals surface area (Å²) < 4.78 is 8.27. The zero-order valence-electron chi connectivity index (χ0n) is 21.8. The molecule has 40 heavy (non-hydrogen) atoms. The van der Waals surface area contributed by atoms with Crippen molar-refractivity contribution in [3.05, 3.63) is 132 Å². The number of nitrogens with one attached hydrogen (secondary N) is 2. The van der Waals surface area contributed by atoms with Crippen LogP contribution < -0.4 is 0 Å². The van der Waals surface area contributed by atoms with Crippen molar-refractivity contribution < 1.29 is 4.42 Å². The van der Waals surface area contributed by atoms with Gasteiger partial charge >= 0.3 is 0 Å². The lowest BCUT2D eigenvalue weighted by molar-refractivity contribution is 0.585. The first kappa shape index (κ1) is 22.6. The molecule has 4 aromatic heterocycles. The Kier molecular flexibility index (Phi) is 5.00. The van der Waals surface area contributed by atoms with E-state index in [9.17, 15) is 0 Å². The summed E-state index contributed by atoms with van der Waals surface area (Å²) in [4.78, 5) is 6.95. The van der Waals surface area contributed by atoms with Crippen LogP contribution in [0.2, 0.25) is 0 Å². The number of fused-ring (bicyclic) bond motifs is 3. The van der Waals surface area contributed by atoms with E-state index in [1.165, 1.54) is 27.5 Å². The zero-order valence-corrected chi connectivity index (χ0v) is 21.8. The summed E-state index contributed by atoms with van der Waals surface area (Å²) in [7, 11) is 2.03. The van der Waals surface area contributed by atoms with Crippen molar-refractivity contribution in [1.82, 2.24) is 24.7 Å². The third kappa shape index (κ3) is 3.50. The second kappa shape index (κ2) is 8.85. The third-order valence-corrected chi connectivity index (χ3v) is 7.91. The van der Waals surface area contributed by atoms with Crippen molar-refractivity contribution in [3.8, 4) is 22.9 Å². The molecule has 0 atom stereocenters. The summed E-state index contributed by atoms with van der Waals surface area (Å²) >= 11 is 0. The first-order valence-corrected chi connectivity index (χ1v) is 13.3. The molecule has 0 fully saturated rings. The van der Waals surface area contributed by atoms with Crippen LogP contribution in [0, 0.1) is 0 Å². The summed E-state index contributed by atoms with van der Waals surface area (Å²) in [5, 5.41) is 12.3. The highest BCUT2D eigenvalue weighted by Crippen LogP contribution is 2.40. The van der Waals surface area contributed by atoms with Crippen LogP contribution in [0.3, 0.4) is 0 Å². The van der Waals surface area contributed by atoms with Gasteiger partial charge in [-0.1, -0.05) is 66.7 Å². The maximum Gasteiger partial charge on any atom is 0.250 e. The Balaban J connectivity index is 1.21. The van der Waals surface area contributed by atoms with Gasteiger partial charge in [-0.05, 0) is 47.0 Å². The lowest BCUT2D eigenvalue weighted by atomic mass is 9.84. The number of hydrogen-bond acceptors (Lipinski definition) is 3. The fourth-order valence-electron chi connectivity index (χ4n) is 5.97. The highest BCUT2D eigenvalue weighted by molar-refractivity contribution is 5.94. The first-order chi connectivity index (χ1) is 19.7. The minimum Gasteiger partial charge on any atom is -0.416 e.